The van der Waals surface area contributed by atoms with Crippen molar-refractivity contribution in [1.29, 1.82) is 0 Å². The quantitative estimate of drug-likeness (QED) is 0.550. The van der Waals surface area contributed by atoms with Crippen molar-refractivity contribution in [3.05, 3.63) is 33.4 Å². The van der Waals surface area contributed by atoms with Crippen LogP contribution >= 0.6 is 0 Å². The third-order valence-corrected chi connectivity index (χ3v) is 2.12. The van der Waals surface area contributed by atoms with Gasteiger partial charge in [0.05, 0.1) is 17.6 Å². The minimum absolute atomic E-state index is 0.119. The highest BCUT2D eigenvalue weighted by Gasteiger charge is 2.14. The molecule has 4 nitrogen and oxygen atoms in total. The lowest BCUT2D eigenvalue weighted by Crippen LogP contribution is -1.97. The van der Waals surface area contributed by atoms with Crippen molar-refractivity contribution in [3.63, 3.8) is 0 Å². The predicted molar refractivity (Wildman–Crippen MR) is 53.7 cm³/mol. The van der Waals surface area contributed by atoms with Gasteiger partial charge in [0.2, 0.25) is 0 Å². The van der Waals surface area contributed by atoms with Gasteiger partial charge in [-0.3, -0.25) is 10.1 Å². The van der Waals surface area contributed by atoms with Crippen molar-refractivity contribution in [1.82, 2.24) is 0 Å². The summed E-state index contributed by atoms with van der Waals surface area (Å²) in [5.74, 6) is 0.558. The second kappa shape index (κ2) is 4.09. The van der Waals surface area contributed by atoms with Gasteiger partial charge in [0, 0.05) is 5.56 Å². The Morgan fingerprint density at radius 2 is 2.07 bits per heavy atom. The van der Waals surface area contributed by atoms with Crippen molar-refractivity contribution in [2.75, 3.05) is 6.61 Å². The van der Waals surface area contributed by atoms with E-state index in [9.17, 15) is 10.1 Å². The van der Waals surface area contributed by atoms with E-state index < -0.39 is 0 Å². The van der Waals surface area contributed by atoms with Crippen molar-refractivity contribution in [3.8, 4) is 5.75 Å². The summed E-state index contributed by atoms with van der Waals surface area (Å²) < 4.78 is 5.23. The van der Waals surface area contributed by atoms with Crippen LogP contribution in [0.3, 0.4) is 0 Å². The molecule has 0 radical (unpaired) electrons. The van der Waals surface area contributed by atoms with Crippen LogP contribution in [0.1, 0.15) is 18.1 Å². The molecular formula is C10H13NO3. The van der Waals surface area contributed by atoms with E-state index in [1.807, 2.05) is 19.9 Å². The normalized spacial score (nSPS) is 9.93. The Bertz CT molecular complexity index is 361. The van der Waals surface area contributed by atoms with Gasteiger partial charge in [-0.05, 0) is 32.4 Å². The Kier molecular flexibility index (Phi) is 3.06. The first-order valence-electron chi connectivity index (χ1n) is 4.44. The van der Waals surface area contributed by atoms with Crippen molar-refractivity contribution in [2.45, 2.75) is 20.8 Å². The van der Waals surface area contributed by atoms with Crippen molar-refractivity contribution in [2.24, 2.45) is 0 Å². The highest BCUT2D eigenvalue weighted by Crippen LogP contribution is 2.27. The summed E-state index contributed by atoms with van der Waals surface area (Å²) in [6, 6.07) is 3.28. The average Bonchev–Trinajstić information content (AvgIpc) is 2.11. The maximum absolute atomic E-state index is 10.7. The maximum Gasteiger partial charge on any atom is 0.276 e. The number of benzene rings is 1. The van der Waals surface area contributed by atoms with Crippen LogP contribution in [0.4, 0.5) is 5.69 Å². The first kappa shape index (κ1) is 10.5. The Morgan fingerprint density at radius 1 is 1.43 bits per heavy atom. The monoisotopic (exact) mass is 195 g/mol. The van der Waals surface area contributed by atoms with Gasteiger partial charge in [-0.25, -0.2) is 0 Å². The van der Waals surface area contributed by atoms with Gasteiger partial charge < -0.3 is 4.74 Å². The number of nitro benzene ring substituents is 1. The standard InChI is InChI=1S/C10H13NO3/c1-4-14-9-5-7(2)8(3)10(6-9)11(12)13/h5-6H,4H2,1-3H3. The smallest absolute Gasteiger partial charge is 0.276 e. The molecule has 0 N–H and O–H groups in total. The molecular weight excluding hydrogens is 182 g/mol. The molecule has 0 aromatic heterocycles. The molecule has 0 aliphatic carbocycles. The average molecular weight is 195 g/mol. The molecule has 1 aromatic rings. The van der Waals surface area contributed by atoms with E-state index in [0.29, 0.717) is 17.9 Å². The lowest BCUT2D eigenvalue weighted by molar-refractivity contribution is -0.385. The SMILES string of the molecule is CCOc1cc(C)c(C)c([N+](=O)[O-])c1. The number of hydrogen-bond donors (Lipinski definition) is 0. The summed E-state index contributed by atoms with van der Waals surface area (Å²) >= 11 is 0. The summed E-state index contributed by atoms with van der Waals surface area (Å²) in [4.78, 5) is 10.3. The second-order valence-corrected chi connectivity index (χ2v) is 3.07. The molecule has 0 aliphatic rings. The summed E-state index contributed by atoms with van der Waals surface area (Å²) in [5.41, 5.74) is 1.69. The molecule has 0 spiro atoms. The van der Waals surface area contributed by atoms with Crippen LogP contribution in [-0.2, 0) is 0 Å². The fourth-order valence-corrected chi connectivity index (χ4v) is 1.25. The van der Waals surface area contributed by atoms with Crippen molar-refractivity contribution < 1.29 is 9.66 Å². The maximum atomic E-state index is 10.7. The third kappa shape index (κ3) is 2.02. The van der Waals surface area contributed by atoms with E-state index in [1.165, 1.54) is 6.07 Å². The van der Waals surface area contributed by atoms with Gasteiger partial charge in [-0.15, -0.1) is 0 Å². The Balaban J connectivity index is 3.21. The van der Waals surface area contributed by atoms with Crippen LogP contribution < -0.4 is 4.74 Å². The molecule has 14 heavy (non-hydrogen) atoms. The zero-order valence-electron chi connectivity index (χ0n) is 8.53. The van der Waals surface area contributed by atoms with Gasteiger partial charge in [0.1, 0.15) is 5.75 Å². The van der Waals surface area contributed by atoms with Gasteiger partial charge in [-0.1, -0.05) is 0 Å². The lowest BCUT2D eigenvalue weighted by Gasteiger charge is -2.06. The number of aryl methyl sites for hydroxylation is 1. The fraction of sp³-hybridized carbons (Fsp3) is 0.400. The largest absolute Gasteiger partial charge is 0.494 e. The van der Waals surface area contributed by atoms with Gasteiger partial charge in [0.25, 0.3) is 5.69 Å². The van der Waals surface area contributed by atoms with E-state index in [-0.39, 0.29) is 10.6 Å². The second-order valence-electron chi connectivity index (χ2n) is 3.07. The van der Waals surface area contributed by atoms with Crippen LogP contribution in [0.5, 0.6) is 5.75 Å². The number of nitro groups is 1. The molecule has 0 heterocycles. The van der Waals surface area contributed by atoms with Crippen LogP contribution in [0, 0.1) is 24.0 Å². The summed E-state index contributed by atoms with van der Waals surface area (Å²) in [6.07, 6.45) is 0. The number of ether oxygens (including phenoxy) is 1. The molecule has 0 amide bonds. The molecule has 4 heteroatoms. The van der Waals surface area contributed by atoms with E-state index >= 15 is 0 Å². The Hall–Kier alpha value is -1.58. The first-order valence-corrected chi connectivity index (χ1v) is 4.44. The van der Waals surface area contributed by atoms with Crippen molar-refractivity contribution >= 4 is 5.69 Å². The number of hydrogen-bond acceptors (Lipinski definition) is 3. The zero-order valence-corrected chi connectivity index (χ0v) is 8.53. The minimum Gasteiger partial charge on any atom is -0.494 e. The van der Waals surface area contributed by atoms with Crippen LogP contribution in [0.15, 0.2) is 12.1 Å². The molecule has 0 atom stereocenters. The minimum atomic E-state index is -0.384. The number of nitrogens with zero attached hydrogens (tertiary/aromatic N) is 1. The highest BCUT2D eigenvalue weighted by atomic mass is 16.6. The van der Waals surface area contributed by atoms with Gasteiger partial charge >= 0.3 is 0 Å². The number of rotatable bonds is 3. The Labute approximate surface area is 82.7 Å². The molecule has 0 unspecified atom stereocenters. The molecule has 0 bridgehead atoms. The summed E-state index contributed by atoms with van der Waals surface area (Å²) in [7, 11) is 0. The molecule has 1 rings (SSSR count). The van der Waals surface area contributed by atoms with Crippen LogP contribution in [0.2, 0.25) is 0 Å². The van der Waals surface area contributed by atoms with Gasteiger partial charge in [0.15, 0.2) is 0 Å². The first-order chi connectivity index (χ1) is 6.56. The molecule has 0 saturated carbocycles. The zero-order chi connectivity index (χ0) is 10.7. The fourth-order valence-electron chi connectivity index (χ4n) is 1.25. The molecule has 0 saturated heterocycles. The van der Waals surface area contributed by atoms with Crippen LogP contribution in [-0.4, -0.2) is 11.5 Å². The topological polar surface area (TPSA) is 52.4 Å². The summed E-state index contributed by atoms with van der Waals surface area (Å²) in [5, 5.41) is 10.7. The van der Waals surface area contributed by atoms with Crippen LogP contribution in [0.25, 0.3) is 0 Å². The Morgan fingerprint density at radius 3 is 2.57 bits per heavy atom. The van der Waals surface area contributed by atoms with E-state index in [4.69, 9.17) is 4.74 Å². The summed E-state index contributed by atoms with van der Waals surface area (Å²) in [6.45, 7) is 5.94. The highest BCUT2D eigenvalue weighted by molar-refractivity contribution is 5.49. The van der Waals surface area contributed by atoms with Gasteiger partial charge in [-0.2, -0.15) is 0 Å². The molecule has 1 aromatic carbocycles. The third-order valence-electron chi connectivity index (χ3n) is 2.12. The predicted octanol–water partition coefficient (Wildman–Crippen LogP) is 2.61. The van der Waals surface area contributed by atoms with E-state index in [0.717, 1.165) is 5.56 Å². The van der Waals surface area contributed by atoms with E-state index in [2.05, 4.69) is 0 Å². The molecule has 76 valence electrons. The lowest BCUT2D eigenvalue weighted by atomic mass is 10.1. The molecule has 0 aliphatic heterocycles. The van der Waals surface area contributed by atoms with E-state index in [1.54, 1.807) is 6.92 Å². The molecule has 0 fully saturated rings.